The molecule has 2 aliphatic rings. The van der Waals surface area contributed by atoms with Gasteiger partial charge in [-0.25, -0.2) is 13.2 Å². The van der Waals surface area contributed by atoms with E-state index >= 15 is 0 Å². The molecule has 138 valence electrons. The molecule has 1 aromatic rings. The second kappa shape index (κ2) is 7.85. The Morgan fingerprint density at radius 2 is 1.68 bits per heavy atom. The summed E-state index contributed by atoms with van der Waals surface area (Å²) in [6, 6.07) is 6.53. The summed E-state index contributed by atoms with van der Waals surface area (Å²) in [4.78, 5) is 14.4. The molecule has 0 atom stereocenters. The molecule has 0 spiro atoms. The Balaban J connectivity index is 1.64. The van der Waals surface area contributed by atoms with Crippen molar-refractivity contribution in [2.24, 2.45) is 0 Å². The molecule has 2 saturated heterocycles. The lowest BCUT2D eigenvalue weighted by Gasteiger charge is -2.36. The first-order chi connectivity index (χ1) is 12.0. The van der Waals surface area contributed by atoms with E-state index < -0.39 is 16.0 Å². The van der Waals surface area contributed by atoms with Gasteiger partial charge in [-0.05, 0) is 70.0 Å². The summed E-state index contributed by atoms with van der Waals surface area (Å²) < 4.78 is 32.1. The van der Waals surface area contributed by atoms with E-state index in [4.69, 9.17) is 4.74 Å². The van der Waals surface area contributed by atoms with Crippen molar-refractivity contribution in [2.45, 2.75) is 43.5 Å². The van der Waals surface area contributed by atoms with Gasteiger partial charge in [0.1, 0.15) is 0 Å². The van der Waals surface area contributed by atoms with E-state index in [2.05, 4.69) is 4.90 Å². The molecule has 0 aromatic heterocycles. The maximum Gasteiger partial charge on any atom is 0.338 e. The van der Waals surface area contributed by atoms with E-state index in [0.717, 1.165) is 25.9 Å². The van der Waals surface area contributed by atoms with Crippen molar-refractivity contribution in [3.05, 3.63) is 29.8 Å². The number of benzene rings is 1. The molecule has 25 heavy (non-hydrogen) atoms. The lowest BCUT2D eigenvalue weighted by molar-refractivity contribution is 0.0526. The Bertz CT molecular complexity index is 688. The molecule has 0 N–H and O–H groups in total. The minimum atomic E-state index is -3.50. The van der Waals surface area contributed by atoms with E-state index in [1.165, 1.54) is 37.1 Å². The van der Waals surface area contributed by atoms with Gasteiger partial charge in [-0.15, -0.1) is 0 Å². The fourth-order valence-corrected chi connectivity index (χ4v) is 5.15. The second-order valence-electron chi connectivity index (χ2n) is 6.62. The van der Waals surface area contributed by atoms with E-state index in [-0.39, 0.29) is 4.90 Å². The summed E-state index contributed by atoms with van der Waals surface area (Å²) in [6.07, 6.45) is 4.29. The van der Waals surface area contributed by atoms with Gasteiger partial charge in [0, 0.05) is 19.1 Å². The number of hydrogen-bond acceptors (Lipinski definition) is 5. The van der Waals surface area contributed by atoms with Gasteiger partial charge in [-0.3, -0.25) is 0 Å². The predicted molar refractivity (Wildman–Crippen MR) is 95.0 cm³/mol. The molecule has 7 heteroatoms. The molecule has 3 rings (SSSR count). The number of nitrogens with zero attached hydrogens (tertiary/aromatic N) is 2. The van der Waals surface area contributed by atoms with Gasteiger partial charge in [0.05, 0.1) is 17.1 Å². The molecule has 0 amide bonds. The van der Waals surface area contributed by atoms with Crippen LogP contribution in [0.15, 0.2) is 29.2 Å². The number of esters is 1. The number of rotatable bonds is 5. The van der Waals surface area contributed by atoms with Crippen molar-refractivity contribution in [3.63, 3.8) is 0 Å². The topological polar surface area (TPSA) is 66.9 Å². The Morgan fingerprint density at radius 3 is 2.24 bits per heavy atom. The fourth-order valence-electron chi connectivity index (χ4n) is 3.68. The predicted octanol–water partition coefficient (Wildman–Crippen LogP) is 2.11. The van der Waals surface area contributed by atoms with Crippen molar-refractivity contribution in [2.75, 3.05) is 32.8 Å². The molecule has 0 aliphatic carbocycles. The molecule has 2 aliphatic heterocycles. The smallest absolute Gasteiger partial charge is 0.338 e. The summed E-state index contributed by atoms with van der Waals surface area (Å²) in [7, 11) is -3.50. The molecule has 0 bridgehead atoms. The zero-order valence-corrected chi connectivity index (χ0v) is 15.5. The zero-order chi connectivity index (χ0) is 17.9. The van der Waals surface area contributed by atoms with Crippen LogP contribution in [0.3, 0.4) is 0 Å². The van der Waals surface area contributed by atoms with Gasteiger partial charge in [0.15, 0.2) is 0 Å². The van der Waals surface area contributed by atoms with Crippen LogP contribution < -0.4 is 0 Å². The van der Waals surface area contributed by atoms with Crippen LogP contribution in [-0.2, 0) is 14.8 Å². The number of likely N-dealkylation sites (tertiary alicyclic amines) is 1. The van der Waals surface area contributed by atoms with Crippen LogP contribution >= 0.6 is 0 Å². The minimum absolute atomic E-state index is 0.236. The molecule has 6 nitrogen and oxygen atoms in total. The summed E-state index contributed by atoms with van der Waals surface area (Å²) in [6.45, 7) is 5.44. The maximum absolute atomic E-state index is 12.8. The minimum Gasteiger partial charge on any atom is -0.462 e. The first kappa shape index (κ1) is 18.4. The summed E-state index contributed by atoms with van der Waals surface area (Å²) in [5.41, 5.74) is 0.369. The van der Waals surface area contributed by atoms with Gasteiger partial charge in [-0.1, -0.05) is 0 Å². The summed E-state index contributed by atoms with van der Waals surface area (Å²) >= 11 is 0. The third kappa shape index (κ3) is 4.04. The third-order valence-corrected chi connectivity index (χ3v) is 7.00. The summed E-state index contributed by atoms with van der Waals surface area (Å²) in [5, 5.41) is 0. The number of piperidine rings is 1. The number of sulfonamides is 1. The molecule has 0 unspecified atom stereocenters. The second-order valence-corrected chi connectivity index (χ2v) is 8.56. The van der Waals surface area contributed by atoms with Gasteiger partial charge >= 0.3 is 5.97 Å². The molecular weight excluding hydrogens is 340 g/mol. The number of hydrogen-bond donors (Lipinski definition) is 0. The van der Waals surface area contributed by atoms with Crippen molar-refractivity contribution in [1.29, 1.82) is 0 Å². The Kier molecular flexibility index (Phi) is 5.76. The molecule has 2 heterocycles. The van der Waals surface area contributed by atoms with Crippen molar-refractivity contribution >= 4 is 16.0 Å². The highest BCUT2D eigenvalue weighted by Gasteiger charge is 2.32. The first-order valence-corrected chi connectivity index (χ1v) is 10.5. The van der Waals surface area contributed by atoms with E-state index in [1.807, 2.05) is 0 Å². The molecule has 0 saturated carbocycles. The van der Waals surface area contributed by atoms with Crippen LogP contribution in [0.2, 0.25) is 0 Å². The van der Waals surface area contributed by atoms with Gasteiger partial charge in [0.2, 0.25) is 10.0 Å². The summed E-state index contributed by atoms with van der Waals surface area (Å²) in [5.74, 6) is -0.433. The third-order valence-electron chi connectivity index (χ3n) is 5.08. The molecular formula is C18H26N2O4S. The Labute approximate surface area is 149 Å². The van der Waals surface area contributed by atoms with Crippen LogP contribution in [0.25, 0.3) is 0 Å². The van der Waals surface area contributed by atoms with Crippen LogP contribution in [0, 0.1) is 0 Å². The van der Waals surface area contributed by atoms with Gasteiger partial charge < -0.3 is 9.64 Å². The number of carbonyl (C=O) groups is 1. The largest absolute Gasteiger partial charge is 0.462 e. The molecule has 0 radical (unpaired) electrons. The lowest BCUT2D eigenvalue weighted by Crippen LogP contribution is -2.45. The van der Waals surface area contributed by atoms with Gasteiger partial charge in [0.25, 0.3) is 0 Å². The van der Waals surface area contributed by atoms with Crippen LogP contribution in [0.4, 0.5) is 0 Å². The average molecular weight is 366 g/mol. The van der Waals surface area contributed by atoms with Crippen molar-refractivity contribution < 1.29 is 17.9 Å². The van der Waals surface area contributed by atoms with Crippen molar-refractivity contribution in [3.8, 4) is 0 Å². The van der Waals surface area contributed by atoms with Gasteiger partial charge in [-0.2, -0.15) is 4.31 Å². The lowest BCUT2D eigenvalue weighted by atomic mass is 10.1. The SMILES string of the molecule is CCOC(=O)c1ccc(S(=O)(=O)N2CCC(N3CCCC3)CC2)cc1. The molecule has 1 aromatic carbocycles. The normalized spacial score (nSPS) is 20.7. The zero-order valence-electron chi connectivity index (χ0n) is 14.7. The number of carbonyl (C=O) groups excluding carboxylic acids is 1. The quantitative estimate of drug-likeness (QED) is 0.747. The highest BCUT2D eigenvalue weighted by Crippen LogP contribution is 2.25. The maximum atomic E-state index is 12.8. The van der Waals surface area contributed by atoms with Crippen molar-refractivity contribution in [1.82, 2.24) is 9.21 Å². The van der Waals surface area contributed by atoms with Crippen LogP contribution in [0.1, 0.15) is 43.0 Å². The van der Waals surface area contributed by atoms with Crippen LogP contribution in [0.5, 0.6) is 0 Å². The fraction of sp³-hybridized carbons (Fsp3) is 0.611. The number of ether oxygens (including phenoxy) is 1. The van der Waals surface area contributed by atoms with E-state index in [0.29, 0.717) is 31.3 Å². The van der Waals surface area contributed by atoms with E-state index in [1.54, 1.807) is 11.2 Å². The average Bonchev–Trinajstić information content (AvgIpc) is 3.17. The Morgan fingerprint density at radius 1 is 1.08 bits per heavy atom. The Hall–Kier alpha value is -1.44. The standard InChI is InChI=1S/C18H26N2O4S/c1-2-24-18(21)15-5-7-17(8-6-15)25(22,23)20-13-9-16(10-14-20)19-11-3-4-12-19/h5-8,16H,2-4,9-14H2,1H3. The molecule has 2 fully saturated rings. The highest BCUT2D eigenvalue weighted by molar-refractivity contribution is 7.89. The monoisotopic (exact) mass is 366 g/mol. The van der Waals surface area contributed by atoms with Crippen LogP contribution in [-0.4, -0.2) is 62.4 Å². The highest BCUT2D eigenvalue weighted by atomic mass is 32.2. The van der Waals surface area contributed by atoms with E-state index in [9.17, 15) is 13.2 Å². The first-order valence-electron chi connectivity index (χ1n) is 9.04.